The molecule has 0 spiro atoms. The molecule has 0 radical (unpaired) electrons. The van der Waals surface area contributed by atoms with Crippen molar-refractivity contribution in [3.8, 4) is 0 Å². The van der Waals surface area contributed by atoms with Crippen LogP contribution in [-0.2, 0) is 23.6 Å². The van der Waals surface area contributed by atoms with Crippen molar-refractivity contribution >= 4 is 10.0 Å². The lowest BCUT2D eigenvalue weighted by Gasteiger charge is -2.33. The molecular weight excluding hydrogens is 286 g/mol. The molecule has 1 saturated carbocycles. The van der Waals surface area contributed by atoms with Crippen LogP contribution in [0.3, 0.4) is 0 Å². The molecule has 5 nitrogen and oxygen atoms in total. The van der Waals surface area contributed by atoms with Gasteiger partial charge in [0, 0.05) is 38.6 Å². The topological polar surface area (TPSA) is 68.3 Å². The lowest BCUT2D eigenvalue weighted by Crippen LogP contribution is -2.39. The van der Waals surface area contributed by atoms with Crippen LogP contribution in [0.15, 0.2) is 17.2 Å². The van der Waals surface area contributed by atoms with E-state index >= 15 is 0 Å². The Kier molecular flexibility index (Phi) is 5.11. The smallest absolute Gasteiger partial charge is 0.244 e. The first-order chi connectivity index (χ1) is 9.90. The van der Waals surface area contributed by atoms with E-state index in [4.69, 9.17) is 5.73 Å². The zero-order valence-electron chi connectivity index (χ0n) is 13.2. The zero-order chi connectivity index (χ0) is 15.6. The molecule has 1 aliphatic carbocycles. The van der Waals surface area contributed by atoms with Crippen molar-refractivity contribution in [1.29, 1.82) is 0 Å². The Morgan fingerprint density at radius 2 is 1.95 bits per heavy atom. The summed E-state index contributed by atoms with van der Waals surface area (Å²) in [6, 6.07) is 1.81. The molecule has 0 aliphatic heterocycles. The third-order valence-electron chi connectivity index (χ3n) is 4.88. The highest BCUT2D eigenvalue weighted by molar-refractivity contribution is 7.89. The van der Waals surface area contributed by atoms with E-state index in [1.165, 1.54) is 6.42 Å². The summed E-state index contributed by atoms with van der Waals surface area (Å²) in [6.45, 7) is 2.56. The average molecular weight is 313 g/mol. The van der Waals surface area contributed by atoms with E-state index in [9.17, 15) is 8.42 Å². The summed E-state index contributed by atoms with van der Waals surface area (Å²) in [5, 5.41) is 0. The molecule has 0 aromatic carbocycles. The van der Waals surface area contributed by atoms with E-state index in [0.29, 0.717) is 11.4 Å². The molecule has 0 unspecified atom stereocenters. The molecule has 1 aromatic rings. The minimum Gasteiger partial charge on any atom is -0.352 e. The second kappa shape index (κ2) is 6.50. The van der Waals surface area contributed by atoms with Gasteiger partial charge >= 0.3 is 0 Å². The standard InChI is InChI=1S/C15H27N3O2S/c1-4-12-5-7-13(8-6-12)18(3)21(19,20)15-9-14(10-16)17(2)11-15/h9,11-13H,4-8,10,16H2,1-3H3. The summed E-state index contributed by atoms with van der Waals surface area (Å²) in [4.78, 5) is 0.352. The van der Waals surface area contributed by atoms with Gasteiger partial charge in [-0.15, -0.1) is 0 Å². The molecular formula is C15H27N3O2S. The lowest BCUT2D eigenvalue weighted by atomic mass is 9.85. The van der Waals surface area contributed by atoms with Crippen LogP contribution in [0.4, 0.5) is 0 Å². The van der Waals surface area contributed by atoms with Gasteiger partial charge in [0.05, 0.1) is 0 Å². The van der Waals surface area contributed by atoms with Gasteiger partial charge in [0.1, 0.15) is 4.90 Å². The number of hydrogen-bond acceptors (Lipinski definition) is 3. The third kappa shape index (κ3) is 3.33. The first-order valence-corrected chi connectivity index (χ1v) is 9.17. The average Bonchev–Trinajstić information content (AvgIpc) is 2.88. The van der Waals surface area contributed by atoms with E-state index in [0.717, 1.165) is 37.3 Å². The molecule has 0 amide bonds. The van der Waals surface area contributed by atoms with Crippen LogP contribution in [-0.4, -0.2) is 30.4 Å². The molecule has 0 bridgehead atoms. The minimum atomic E-state index is -3.42. The van der Waals surface area contributed by atoms with E-state index in [1.807, 2.05) is 7.05 Å². The van der Waals surface area contributed by atoms with E-state index in [2.05, 4.69) is 6.92 Å². The van der Waals surface area contributed by atoms with Crippen molar-refractivity contribution in [2.45, 2.75) is 56.5 Å². The molecule has 120 valence electrons. The number of aromatic nitrogens is 1. The summed E-state index contributed by atoms with van der Waals surface area (Å²) in [7, 11) is 0.119. The molecule has 2 rings (SSSR count). The number of sulfonamides is 1. The van der Waals surface area contributed by atoms with Gasteiger partial charge in [-0.05, 0) is 37.7 Å². The monoisotopic (exact) mass is 313 g/mol. The highest BCUT2D eigenvalue weighted by Gasteiger charge is 2.31. The van der Waals surface area contributed by atoms with E-state index in [1.54, 1.807) is 28.2 Å². The fourth-order valence-corrected chi connectivity index (χ4v) is 4.71. The highest BCUT2D eigenvalue weighted by atomic mass is 32.2. The SMILES string of the molecule is CCC1CCC(N(C)S(=O)(=O)c2cc(CN)n(C)c2)CC1. The van der Waals surface area contributed by atoms with Gasteiger partial charge in [-0.25, -0.2) is 8.42 Å². The molecule has 1 heterocycles. The van der Waals surface area contributed by atoms with Gasteiger partial charge in [0.15, 0.2) is 0 Å². The normalized spacial score (nSPS) is 23.7. The Labute approximate surface area is 128 Å². The Morgan fingerprint density at radius 1 is 1.33 bits per heavy atom. The Bertz CT molecular complexity index is 572. The minimum absolute atomic E-state index is 0.124. The summed E-state index contributed by atoms with van der Waals surface area (Å²) in [5.41, 5.74) is 6.46. The number of nitrogens with zero attached hydrogens (tertiary/aromatic N) is 2. The van der Waals surface area contributed by atoms with Crippen LogP contribution < -0.4 is 5.73 Å². The van der Waals surface area contributed by atoms with Crippen molar-refractivity contribution in [3.05, 3.63) is 18.0 Å². The molecule has 1 fully saturated rings. The zero-order valence-corrected chi connectivity index (χ0v) is 14.1. The quantitative estimate of drug-likeness (QED) is 0.905. The molecule has 0 atom stereocenters. The van der Waals surface area contributed by atoms with Crippen molar-refractivity contribution in [2.24, 2.45) is 18.7 Å². The molecule has 0 saturated heterocycles. The van der Waals surface area contributed by atoms with Crippen molar-refractivity contribution in [1.82, 2.24) is 8.87 Å². The Balaban J connectivity index is 2.15. The Hall–Kier alpha value is -0.850. The Morgan fingerprint density at radius 3 is 2.43 bits per heavy atom. The van der Waals surface area contributed by atoms with E-state index in [-0.39, 0.29) is 6.04 Å². The summed E-state index contributed by atoms with van der Waals surface area (Å²) >= 11 is 0. The van der Waals surface area contributed by atoms with Gasteiger partial charge in [0.2, 0.25) is 10.0 Å². The van der Waals surface area contributed by atoms with Crippen LogP contribution in [0.5, 0.6) is 0 Å². The maximum Gasteiger partial charge on any atom is 0.244 e. The van der Waals surface area contributed by atoms with Crippen LogP contribution in [0.2, 0.25) is 0 Å². The van der Waals surface area contributed by atoms with Gasteiger partial charge in [-0.1, -0.05) is 13.3 Å². The van der Waals surface area contributed by atoms with Crippen molar-refractivity contribution in [3.63, 3.8) is 0 Å². The molecule has 6 heteroatoms. The molecule has 1 aliphatic rings. The second-order valence-electron chi connectivity index (χ2n) is 6.09. The van der Waals surface area contributed by atoms with Crippen LogP contribution >= 0.6 is 0 Å². The second-order valence-corrected chi connectivity index (χ2v) is 8.08. The predicted molar refractivity (Wildman–Crippen MR) is 84.3 cm³/mol. The van der Waals surface area contributed by atoms with Crippen LogP contribution in [0.1, 0.15) is 44.7 Å². The van der Waals surface area contributed by atoms with Crippen molar-refractivity contribution < 1.29 is 8.42 Å². The maximum absolute atomic E-state index is 12.7. The third-order valence-corrected chi connectivity index (χ3v) is 6.75. The number of hydrogen-bond donors (Lipinski definition) is 1. The summed E-state index contributed by atoms with van der Waals surface area (Å²) in [6.07, 6.45) is 7.04. The summed E-state index contributed by atoms with van der Waals surface area (Å²) in [5.74, 6) is 0.762. The number of aryl methyl sites for hydroxylation is 1. The van der Waals surface area contributed by atoms with Gasteiger partial charge in [-0.2, -0.15) is 4.31 Å². The van der Waals surface area contributed by atoms with Gasteiger partial charge < -0.3 is 10.3 Å². The van der Waals surface area contributed by atoms with E-state index < -0.39 is 10.0 Å². The first kappa shape index (κ1) is 16.5. The van der Waals surface area contributed by atoms with Crippen molar-refractivity contribution in [2.75, 3.05) is 7.05 Å². The fourth-order valence-electron chi connectivity index (χ4n) is 3.20. The molecule has 1 aromatic heterocycles. The fraction of sp³-hybridized carbons (Fsp3) is 0.733. The van der Waals surface area contributed by atoms with Gasteiger partial charge in [-0.3, -0.25) is 0 Å². The maximum atomic E-state index is 12.7. The van der Waals surface area contributed by atoms with Crippen LogP contribution in [0.25, 0.3) is 0 Å². The summed E-state index contributed by atoms with van der Waals surface area (Å²) < 4.78 is 28.8. The van der Waals surface area contributed by atoms with Crippen LogP contribution in [0, 0.1) is 5.92 Å². The number of nitrogens with two attached hydrogens (primary N) is 1. The highest BCUT2D eigenvalue weighted by Crippen LogP contribution is 2.31. The number of rotatable bonds is 5. The lowest BCUT2D eigenvalue weighted by molar-refractivity contribution is 0.233. The largest absolute Gasteiger partial charge is 0.352 e. The predicted octanol–water partition coefficient (Wildman–Crippen LogP) is 2.07. The first-order valence-electron chi connectivity index (χ1n) is 7.73. The molecule has 2 N–H and O–H groups in total. The van der Waals surface area contributed by atoms with Gasteiger partial charge in [0.25, 0.3) is 0 Å². The molecule has 21 heavy (non-hydrogen) atoms.